The van der Waals surface area contributed by atoms with E-state index in [4.69, 9.17) is 31.3 Å². The van der Waals surface area contributed by atoms with Gasteiger partial charge in [-0.1, -0.05) is 16.8 Å². The van der Waals surface area contributed by atoms with Gasteiger partial charge in [-0.05, 0) is 12.5 Å². The third-order valence-corrected chi connectivity index (χ3v) is 3.04. The Bertz CT molecular complexity index is 581. The summed E-state index contributed by atoms with van der Waals surface area (Å²) in [4.78, 5) is 0. The first-order chi connectivity index (χ1) is 8.58. The smallest absolute Gasteiger partial charge is 0.222 e. The molecule has 0 atom stereocenters. The summed E-state index contributed by atoms with van der Waals surface area (Å²) >= 11 is 6.16. The molecule has 2 aromatic rings. The summed E-state index contributed by atoms with van der Waals surface area (Å²) in [5.74, 6) is 1.31. The minimum absolute atomic E-state index is 0.227. The van der Waals surface area contributed by atoms with Crippen LogP contribution in [0.1, 0.15) is 5.56 Å². The minimum atomic E-state index is 0.227. The first-order valence-electron chi connectivity index (χ1n) is 5.22. The fraction of sp³-hybridized carbons (Fsp3) is 0.250. The molecule has 0 bridgehead atoms. The van der Waals surface area contributed by atoms with Crippen LogP contribution < -0.4 is 15.2 Å². The lowest BCUT2D eigenvalue weighted by atomic mass is 10.0. The average Bonchev–Trinajstić information content (AvgIpc) is 2.78. The van der Waals surface area contributed by atoms with Gasteiger partial charge in [0.05, 0.1) is 19.8 Å². The molecule has 1 aromatic carbocycles. The molecule has 1 heterocycles. The van der Waals surface area contributed by atoms with Crippen LogP contribution in [0.25, 0.3) is 11.3 Å². The Balaban J connectivity index is 2.74. The summed E-state index contributed by atoms with van der Waals surface area (Å²) in [6, 6.07) is 3.31. The molecule has 0 aliphatic carbocycles. The molecule has 0 aliphatic heterocycles. The predicted molar refractivity (Wildman–Crippen MR) is 69.2 cm³/mol. The number of nitrogens with two attached hydrogens (primary N) is 1. The van der Waals surface area contributed by atoms with E-state index in [2.05, 4.69) is 5.16 Å². The fourth-order valence-corrected chi connectivity index (χ4v) is 1.97. The molecule has 0 saturated carbocycles. The van der Waals surface area contributed by atoms with Crippen LogP contribution in [-0.2, 0) is 0 Å². The lowest BCUT2D eigenvalue weighted by Gasteiger charge is -2.14. The summed E-state index contributed by atoms with van der Waals surface area (Å²) in [7, 11) is 3.10. The highest BCUT2D eigenvalue weighted by atomic mass is 35.5. The van der Waals surface area contributed by atoms with E-state index in [1.165, 1.54) is 0 Å². The maximum absolute atomic E-state index is 6.16. The van der Waals surface area contributed by atoms with Gasteiger partial charge in [0.1, 0.15) is 5.69 Å². The Kier molecular flexibility index (Phi) is 3.34. The van der Waals surface area contributed by atoms with Crippen LogP contribution >= 0.6 is 11.6 Å². The van der Waals surface area contributed by atoms with E-state index in [0.717, 1.165) is 5.56 Å². The summed E-state index contributed by atoms with van der Waals surface area (Å²) in [5, 5.41) is 4.44. The summed E-state index contributed by atoms with van der Waals surface area (Å²) in [6.07, 6.45) is 0. The standard InChI is InChI=1S/C12H13ClN2O3/c1-6-7(13)4-9(16-2)12(17-3)11(6)8-5-10(14)18-15-8/h4-5H,14H2,1-3H3. The number of ether oxygens (including phenoxy) is 2. The van der Waals surface area contributed by atoms with E-state index in [9.17, 15) is 0 Å². The number of anilines is 1. The second kappa shape index (κ2) is 4.78. The van der Waals surface area contributed by atoms with E-state index in [-0.39, 0.29) is 5.88 Å². The zero-order chi connectivity index (χ0) is 13.3. The van der Waals surface area contributed by atoms with Gasteiger partial charge in [0.2, 0.25) is 5.88 Å². The van der Waals surface area contributed by atoms with Crippen molar-refractivity contribution >= 4 is 17.5 Å². The number of aromatic nitrogens is 1. The van der Waals surface area contributed by atoms with Crippen molar-refractivity contribution < 1.29 is 14.0 Å². The molecule has 0 radical (unpaired) electrons. The van der Waals surface area contributed by atoms with Crippen molar-refractivity contribution in [2.45, 2.75) is 6.92 Å². The van der Waals surface area contributed by atoms with Crippen LogP contribution in [-0.4, -0.2) is 19.4 Å². The Morgan fingerprint density at radius 1 is 1.28 bits per heavy atom. The number of methoxy groups -OCH3 is 2. The molecule has 0 fully saturated rings. The van der Waals surface area contributed by atoms with Crippen LogP contribution in [0.15, 0.2) is 16.7 Å². The van der Waals surface area contributed by atoms with Crippen LogP contribution in [0.5, 0.6) is 11.5 Å². The van der Waals surface area contributed by atoms with Crippen molar-refractivity contribution in [2.24, 2.45) is 0 Å². The Hall–Kier alpha value is -1.88. The maximum atomic E-state index is 6.16. The topological polar surface area (TPSA) is 70.5 Å². The maximum Gasteiger partial charge on any atom is 0.222 e. The average molecular weight is 269 g/mol. The molecular formula is C12H13ClN2O3. The third kappa shape index (κ3) is 1.97. The Morgan fingerprint density at radius 2 is 2.00 bits per heavy atom. The molecule has 0 spiro atoms. The van der Waals surface area contributed by atoms with E-state index in [1.54, 1.807) is 26.4 Å². The quantitative estimate of drug-likeness (QED) is 0.927. The molecule has 0 unspecified atom stereocenters. The van der Waals surface area contributed by atoms with Crippen molar-refractivity contribution in [3.8, 4) is 22.8 Å². The molecule has 0 saturated heterocycles. The van der Waals surface area contributed by atoms with Gasteiger partial charge < -0.3 is 19.7 Å². The van der Waals surface area contributed by atoms with Gasteiger partial charge in [0.25, 0.3) is 0 Å². The van der Waals surface area contributed by atoms with Crippen molar-refractivity contribution in [3.05, 3.63) is 22.7 Å². The van der Waals surface area contributed by atoms with Gasteiger partial charge in [0, 0.05) is 17.2 Å². The number of rotatable bonds is 3. The molecule has 0 amide bonds. The highest BCUT2D eigenvalue weighted by Crippen LogP contribution is 2.43. The zero-order valence-corrected chi connectivity index (χ0v) is 11.0. The van der Waals surface area contributed by atoms with E-state index >= 15 is 0 Å². The summed E-state index contributed by atoms with van der Waals surface area (Å²) < 4.78 is 15.5. The molecule has 6 heteroatoms. The lowest BCUT2D eigenvalue weighted by molar-refractivity contribution is 0.355. The highest BCUT2D eigenvalue weighted by molar-refractivity contribution is 6.32. The Labute approximate surface area is 109 Å². The van der Waals surface area contributed by atoms with Crippen molar-refractivity contribution in [1.29, 1.82) is 0 Å². The zero-order valence-electron chi connectivity index (χ0n) is 10.3. The number of halogens is 1. The van der Waals surface area contributed by atoms with E-state index in [0.29, 0.717) is 27.8 Å². The van der Waals surface area contributed by atoms with Gasteiger partial charge in [0.15, 0.2) is 11.5 Å². The Morgan fingerprint density at radius 3 is 2.50 bits per heavy atom. The van der Waals surface area contributed by atoms with E-state index in [1.807, 2.05) is 6.92 Å². The SMILES string of the molecule is COc1cc(Cl)c(C)c(-c2cc(N)on2)c1OC. The van der Waals surface area contributed by atoms with Crippen LogP contribution in [0, 0.1) is 6.92 Å². The van der Waals surface area contributed by atoms with Crippen LogP contribution in [0.4, 0.5) is 5.88 Å². The normalized spacial score (nSPS) is 10.4. The monoisotopic (exact) mass is 268 g/mol. The number of nitrogens with zero attached hydrogens (tertiary/aromatic N) is 1. The first-order valence-corrected chi connectivity index (χ1v) is 5.60. The largest absolute Gasteiger partial charge is 0.493 e. The predicted octanol–water partition coefficient (Wildman–Crippen LogP) is 2.90. The number of benzene rings is 1. The van der Waals surface area contributed by atoms with Gasteiger partial charge in [-0.2, -0.15) is 0 Å². The first kappa shape index (κ1) is 12.6. The van der Waals surface area contributed by atoms with Gasteiger partial charge in [-0.25, -0.2) is 0 Å². The summed E-state index contributed by atoms with van der Waals surface area (Å²) in [5.41, 5.74) is 7.62. The van der Waals surface area contributed by atoms with E-state index < -0.39 is 0 Å². The van der Waals surface area contributed by atoms with Gasteiger partial charge >= 0.3 is 0 Å². The molecule has 1 aromatic heterocycles. The number of hydrogen-bond donors (Lipinski definition) is 1. The fourth-order valence-electron chi connectivity index (χ4n) is 1.77. The van der Waals surface area contributed by atoms with Crippen molar-refractivity contribution in [2.75, 3.05) is 20.0 Å². The number of nitrogen functional groups attached to an aromatic ring is 1. The molecule has 2 N–H and O–H groups in total. The van der Waals surface area contributed by atoms with Gasteiger partial charge in [-0.15, -0.1) is 0 Å². The molecule has 18 heavy (non-hydrogen) atoms. The lowest BCUT2D eigenvalue weighted by Crippen LogP contribution is -1.96. The molecule has 5 nitrogen and oxygen atoms in total. The van der Waals surface area contributed by atoms with Crippen LogP contribution in [0.3, 0.4) is 0 Å². The molecule has 0 aliphatic rings. The van der Waals surface area contributed by atoms with Gasteiger partial charge in [-0.3, -0.25) is 0 Å². The van der Waals surface area contributed by atoms with Crippen molar-refractivity contribution in [3.63, 3.8) is 0 Å². The summed E-state index contributed by atoms with van der Waals surface area (Å²) in [6.45, 7) is 1.87. The van der Waals surface area contributed by atoms with Crippen LogP contribution in [0.2, 0.25) is 5.02 Å². The molecule has 2 rings (SSSR count). The van der Waals surface area contributed by atoms with Crippen molar-refractivity contribution in [1.82, 2.24) is 5.16 Å². The molecule has 96 valence electrons. The second-order valence-corrected chi connectivity index (χ2v) is 4.12. The second-order valence-electron chi connectivity index (χ2n) is 3.71. The highest BCUT2D eigenvalue weighted by Gasteiger charge is 2.20. The third-order valence-electron chi connectivity index (χ3n) is 2.65. The molecular weight excluding hydrogens is 256 g/mol. The number of hydrogen-bond acceptors (Lipinski definition) is 5. The minimum Gasteiger partial charge on any atom is -0.493 e.